The lowest BCUT2D eigenvalue weighted by atomic mass is 9.98. The summed E-state index contributed by atoms with van der Waals surface area (Å²) in [5.74, 6) is -0.786. The molecule has 0 amide bonds. The van der Waals surface area contributed by atoms with Crippen molar-refractivity contribution < 1.29 is 14.6 Å². The molecule has 0 fully saturated rings. The van der Waals surface area contributed by atoms with Gasteiger partial charge in [-0.2, -0.15) is 5.26 Å². The summed E-state index contributed by atoms with van der Waals surface area (Å²) >= 11 is 0. The molecular weight excluding hydrogens is 230 g/mol. The number of nitrogens with zero attached hydrogens (tertiary/aromatic N) is 1. The molecule has 0 radical (unpaired) electrons. The SMILES string of the molecule is COc1c(CC#N)cc2ccccc2c1C(=O)O. The Morgan fingerprint density at radius 3 is 2.78 bits per heavy atom. The average molecular weight is 241 g/mol. The largest absolute Gasteiger partial charge is 0.496 e. The molecule has 2 rings (SSSR count). The molecule has 0 saturated heterocycles. The van der Waals surface area contributed by atoms with Crippen molar-refractivity contribution in [2.24, 2.45) is 0 Å². The Hall–Kier alpha value is -2.54. The van der Waals surface area contributed by atoms with E-state index < -0.39 is 5.97 Å². The molecule has 0 aliphatic rings. The number of carboxylic acid groups (broad SMARTS) is 1. The zero-order chi connectivity index (χ0) is 13.1. The maximum absolute atomic E-state index is 11.4. The first-order chi connectivity index (χ1) is 8.69. The van der Waals surface area contributed by atoms with Gasteiger partial charge in [0.15, 0.2) is 0 Å². The quantitative estimate of drug-likeness (QED) is 0.896. The highest BCUT2D eigenvalue weighted by Gasteiger charge is 2.19. The molecule has 1 N–H and O–H groups in total. The topological polar surface area (TPSA) is 70.3 Å². The Morgan fingerprint density at radius 1 is 1.44 bits per heavy atom. The first-order valence-electron chi connectivity index (χ1n) is 5.38. The number of aromatic carboxylic acids is 1. The van der Waals surface area contributed by atoms with Crippen molar-refractivity contribution in [3.05, 3.63) is 41.5 Å². The molecule has 18 heavy (non-hydrogen) atoms. The average Bonchev–Trinajstić information content (AvgIpc) is 2.37. The summed E-state index contributed by atoms with van der Waals surface area (Å²) in [6.45, 7) is 0. The van der Waals surface area contributed by atoms with Crippen molar-refractivity contribution >= 4 is 16.7 Å². The van der Waals surface area contributed by atoms with Crippen LogP contribution in [0, 0.1) is 11.3 Å². The number of nitriles is 1. The molecule has 0 heterocycles. The van der Waals surface area contributed by atoms with E-state index in [-0.39, 0.29) is 17.7 Å². The molecule has 2 aromatic carbocycles. The smallest absolute Gasteiger partial charge is 0.340 e. The molecular formula is C14H11NO3. The fourth-order valence-corrected chi connectivity index (χ4v) is 2.05. The van der Waals surface area contributed by atoms with Gasteiger partial charge in [0.2, 0.25) is 0 Å². The molecule has 0 spiro atoms. The van der Waals surface area contributed by atoms with Gasteiger partial charge in [-0.05, 0) is 16.8 Å². The third-order valence-electron chi connectivity index (χ3n) is 2.77. The number of rotatable bonds is 3. The maximum atomic E-state index is 11.4. The van der Waals surface area contributed by atoms with Crippen molar-refractivity contribution in [2.45, 2.75) is 6.42 Å². The third-order valence-corrected chi connectivity index (χ3v) is 2.77. The standard InChI is InChI=1S/C14H11NO3/c1-18-13-10(6-7-15)8-9-4-2-3-5-11(9)12(13)14(16)17/h2-5,8H,6H2,1H3,(H,16,17). The molecule has 2 aromatic rings. The number of carboxylic acids is 1. The fraction of sp³-hybridized carbons (Fsp3) is 0.143. The van der Waals surface area contributed by atoms with Crippen molar-refractivity contribution in [2.75, 3.05) is 7.11 Å². The normalized spacial score (nSPS) is 10.0. The van der Waals surface area contributed by atoms with Crippen molar-refractivity contribution in [1.29, 1.82) is 5.26 Å². The highest BCUT2D eigenvalue weighted by molar-refractivity contribution is 6.07. The van der Waals surface area contributed by atoms with E-state index in [0.29, 0.717) is 10.9 Å². The summed E-state index contributed by atoms with van der Waals surface area (Å²) in [6, 6.07) is 11.0. The van der Waals surface area contributed by atoms with Crippen LogP contribution in [-0.4, -0.2) is 18.2 Å². The number of carbonyl (C=O) groups is 1. The van der Waals surface area contributed by atoms with Crippen LogP contribution in [0.4, 0.5) is 0 Å². The highest BCUT2D eigenvalue weighted by atomic mass is 16.5. The van der Waals surface area contributed by atoms with E-state index in [2.05, 4.69) is 0 Å². The van der Waals surface area contributed by atoms with Crippen LogP contribution in [0.1, 0.15) is 15.9 Å². The Bertz CT molecular complexity index is 656. The summed E-state index contributed by atoms with van der Waals surface area (Å²) in [5.41, 5.74) is 0.706. The molecule has 0 unspecified atom stereocenters. The van der Waals surface area contributed by atoms with Gasteiger partial charge in [-0.25, -0.2) is 4.79 Å². The van der Waals surface area contributed by atoms with E-state index in [4.69, 9.17) is 10.00 Å². The van der Waals surface area contributed by atoms with E-state index in [1.807, 2.05) is 18.2 Å². The van der Waals surface area contributed by atoms with Gasteiger partial charge in [0.05, 0.1) is 19.6 Å². The van der Waals surface area contributed by atoms with E-state index in [1.54, 1.807) is 18.2 Å². The van der Waals surface area contributed by atoms with Gasteiger partial charge >= 0.3 is 5.97 Å². The molecule has 0 aliphatic heterocycles. The second-order valence-corrected chi connectivity index (χ2v) is 3.81. The first-order valence-corrected chi connectivity index (χ1v) is 5.38. The summed E-state index contributed by atoms with van der Waals surface area (Å²) < 4.78 is 5.17. The zero-order valence-corrected chi connectivity index (χ0v) is 9.80. The van der Waals surface area contributed by atoms with Crippen LogP contribution in [0.25, 0.3) is 10.8 Å². The van der Waals surface area contributed by atoms with Gasteiger partial charge in [0.1, 0.15) is 11.3 Å². The minimum absolute atomic E-state index is 0.112. The van der Waals surface area contributed by atoms with E-state index in [9.17, 15) is 9.90 Å². The van der Waals surface area contributed by atoms with E-state index in [0.717, 1.165) is 5.39 Å². The van der Waals surface area contributed by atoms with Gasteiger partial charge in [0, 0.05) is 5.56 Å². The minimum Gasteiger partial charge on any atom is -0.496 e. The predicted molar refractivity (Wildman–Crippen MR) is 66.8 cm³/mol. The summed E-state index contributed by atoms with van der Waals surface area (Å²) in [6.07, 6.45) is 0.119. The predicted octanol–water partition coefficient (Wildman–Crippen LogP) is 2.61. The Morgan fingerprint density at radius 2 is 2.17 bits per heavy atom. The Kier molecular flexibility index (Phi) is 3.16. The number of methoxy groups -OCH3 is 1. The van der Waals surface area contributed by atoms with Gasteiger partial charge in [-0.3, -0.25) is 0 Å². The molecule has 0 aromatic heterocycles. The maximum Gasteiger partial charge on any atom is 0.340 e. The second kappa shape index (κ2) is 4.76. The molecule has 90 valence electrons. The summed E-state index contributed by atoms with van der Waals surface area (Å²) in [5, 5.41) is 19.5. The third kappa shape index (κ3) is 1.87. The van der Waals surface area contributed by atoms with Crippen LogP contribution in [0.3, 0.4) is 0 Å². The van der Waals surface area contributed by atoms with Gasteiger partial charge in [-0.1, -0.05) is 24.3 Å². The monoisotopic (exact) mass is 241 g/mol. The van der Waals surface area contributed by atoms with Crippen molar-refractivity contribution in [1.82, 2.24) is 0 Å². The number of fused-ring (bicyclic) bond motifs is 1. The first kappa shape index (κ1) is 11.9. The summed E-state index contributed by atoms with van der Waals surface area (Å²) in [7, 11) is 1.41. The number of ether oxygens (including phenoxy) is 1. The van der Waals surface area contributed by atoms with Gasteiger partial charge in [-0.15, -0.1) is 0 Å². The summed E-state index contributed by atoms with van der Waals surface area (Å²) in [4.78, 5) is 11.4. The number of benzene rings is 2. The molecule has 0 aliphatic carbocycles. The van der Waals surface area contributed by atoms with Gasteiger partial charge in [0.25, 0.3) is 0 Å². The van der Waals surface area contributed by atoms with Crippen LogP contribution in [0.2, 0.25) is 0 Å². The molecule has 0 saturated carbocycles. The molecule has 4 heteroatoms. The van der Waals surface area contributed by atoms with Crippen molar-refractivity contribution in [3.63, 3.8) is 0 Å². The molecule has 0 bridgehead atoms. The lowest BCUT2D eigenvalue weighted by molar-refractivity contribution is 0.0695. The van der Waals surface area contributed by atoms with Gasteiger partial charge < -0.3 is 9.84 Å². The highest BCUT2D eigenvalue weighted by Crippen LogP contribution is 2.32. The lowest BCUT2D eigenvalue weighted by Gasteiger charge is -2.12. The van der Waals surface area contributed by atoms with Crippen LogP contribution in [0.15, 0.2) is 30.3 Å². The molecule has 0 atom stereocenters. The van der Waals surface area contributed by atoms with Crippen LogP contribution >= 0.6 is 0 Å². The van der Waals surface area contributed by atoms with E-state index >= 15 is 0 Å². The van der Waals surface area contributed by atoms with E-state index in [1.165, 1.54) is 7.11 Å². The number of hydrogen-bond acceptors (Lipinski definition) is 3. The zero-order valence-electron chi connectivity index (χ0n) is 9.80. The number of hydrogen-bond donors (Lipinski definition) is 1. The second-order valence-electron chi connectivity index (χ2n) is 3.81. The minimum atomic E-state index is -1.05. The lowest BCUT2D eigenvalue weighted by Crippen LogP contribution is -2.04. The van der Waals surface area contributed by atoms with Crippen LogP contribution < -0.4 is 4.74 Å². The van der Waals surface area contributed by atoms with Crippen molar-refractivity contribution in [3.8, 4) is 11.8 Å². The van der Waals surface area contributed by atoms with Crippen LogP contribution in [0.5, 0.6) is 5.75 Å². The Labute approximate surface area is 104 Å². The Balaban J connectivity index is 2.88. The van der Waals surface area contributed by atoms with Crippen LogP contribution in [-0.2, 0) is 6.42 Å². The fourth-order valence-electron chi connectivity index (χ4n) is 2.05. The molecule has 4 nitrogen and oxygen atoms in total.